The number of halogens is 3. The molecule has 2 amide bonds. The molecule has 0 unspecified atom stereocenters. The Labute approximate surface area is 262 Å². The third-order valence-electron chi connectivity index (χ3n) is 7.54. The predicted octanol–water partition coefficient (Wildman–Crippen LogP) is 4.55. The lowest BCUT2D eigenvalue weighted by molar-refractivity contribution is -0.617. The van der Waals surface area contributed by atoms with Crippen molar-refractivity contribution < 1.29 is 37.6 Å². The van der Waals surface area contributed by atoms with E-state index in [1.807, 2.05) is 18.2 Å². The fourth-order valence-electron chi connectivity index (χ4n) is 5.30. The number of amides is 2. The van der Waals surface area contributed by atoms with Crippen LogP contribution in [0.15, 0.2) is 60.4 Å². The van der Waals surface area contributed by atoms with Crippen molar-refractivity contribution >= 4 is 34.4 Å². The minimum Gasteiger partial charge on any atom is -0.445 e. The summed E-state index contributed by atoms with van der Waals surface area (Å²) >= 11 is 1.40. The van der Waals surface area contributed by atoms with Gasteiger partial charge in [-0.25, -0.2) is 0 Å². The molecule has 1 fully saturated rings. The van der Waals surface area contributed by atoms with Crippen LogP contribution in [-0.2, 0) is 30.3 Å². The summed E-state index contributed by atoms with van der Waals surface area (Å²) in [5.74, 6) is -0.714. The van der Waals surface area contributed by atoms with Crippen LogP contribution < -0.4 is 20.7 Å². The topological polar surface area (TPSA) is 120 Å². The second-order valence-electron chi connectivity index (χ2n) is 10.8. The molecule has 1 saturated heterocycles. The van der Waals surface area contributed by atoms with Crippen molar-refractivity contribution in [3.8, 4) is 5.75 Å². The molecule has 5 N–H and O–H groups in total. The van der Waals surface area contributed by atoms with Crippen LogP contribution in [-0.4, -0.2) is 56.0 Å². The highest BCUT2D eigenvalue weighted by atomic mass is 32.1. The van der Waals surface area contributed by atoms with E-state index >= 15 is 0 Å². The van der Waals surface area contributed by atoms with E-state index in [0.717, 1.165) is 66.7 Å². The zero-order chi connectivity index (χ0) is 31.8. The van der Waals surface area contributed by atoms with Gasteiger partial charge in [0.15, 0.2) is 0 Å². The molecule has 0 radical (unpaired) electrons. The van der Waals surface area contributed by atoms with Gasteiger partial charge in [-0.05, 0) is 67.1 Å². The van der Waals surface area contributed by atoms with E-state index in [0.29, 0.717) is 42.3 Å². The molecule has 0 bridgehead atoms. The quantitative estimate of drug-likeness (QED) is 0.139. The van der Waals surface area contributed by atoms with Crippen molar-refractivity contribution in [1.82, 2.24) is 10.2 Å². The molecular weight excluding hydrogens is 607 g/mol. The number of nitrogens with zero attached hydrogens (tertiary/aromatic N) is 1. The summed E-state index contributed by atoms with van der Waals surface area (Å²) in [5.41, 5.74) is 2.15. The Hall–Kier alpha value is -4.04. The van der Waals surface area contributed by atoms with Gasteiger partial charge in [0.1, 0.15) is 22.6 Å². The van der Waals surface area contributed by atoms with Gasteiger partial charge in [0, 0.05) is 36.3 Å². The number of nitrogens with one attached hydrogen (secondary N) is 3. The van der Waals surface area contributed by atoms with E-state index in [-0.39, 0.29) is 24.1 Å². The third-order valence-corrected chi connectivity index (χ3v) is 8.75. The minimum atomic E-state index is -4.48. The number of ether oxygens (including phenoxy) is 2. The van der Waals surface area contributed by atoms with E-state index in [1.165, 1.54) is 35.0 Å². The third kappa shape index (κ3) is 8.57. The molecule has 5 rings (SSSR count). The summed E-state index contributed by atoms with van der Waals surface area (Å²) in [6, 6.07) is 12.0. The molecule has 0 saturated carbocycles. The Balaban J connectivity index is 1.25. The number of benzene rings is 2. The minimum absolute atomic E-state index is 0.0480. The highest BCUT2D eigenvalue weighted by Gasteiger charge is 2.31. The zero-order valence-corrected chi connectivity index (χ0v) is 25.4. The Morgan fingerprint density at radius 3 is 2.62 bits per heavy atom. The van der Waals surface area contributed by atoms with Crippen molar-refractivity contribution in [3.63, 3.8) is 0 Å². The summed E-state index contributed by atoms with van der Waals surface area (Å²) in [7, 11) is 0. The first kappa shape index (κ1) is 32.4. The van der Waals surface area contributed by atoms with Gasteiger partial charge in [0.05, 0.1) is 24.3 Å². The highest BCUT2D eigenvalue weighted by molar-refractivity contribution is 7.17. The lowest BCUT2D eigenvalue weighted by atomic mass is 9.95. The summed E-state index contributed by atoms with van der Waals surface area (Å²) < 4.78 is 49.7. The zero-order valence-electron chi connectivity index (χ0n) is 24.5. The average Bonchev–Trinajstić information content (AvgIpc) is 3.40. The molecule has 9 nitrogen and oxygen atoms in total. The van der Waals surface area contributed by atoms with E-state index in [2.05, 4.69) is 15.5 Å². The van der Waals surface area contributed by atoms with Crippen molar-refractivity contribution in [1.29, 1.82) is 5.41 Å². The van der Waals surface area contributed by atoms with Crippen LogP contribution in [0.1, 0.15) is 55.1 Å². The first-order chi connectivity index (χ1) is 21.7. The monoisotopic (exact) mass is 642 g/mol. The summed E-state index contributed by atoms with van der Waals surface area (Å²) in [5, 5.41) is 15.5. The first-order valence-corrected chi connectivity index (χ1v) is 15.5. The van der Waals surface area contributed by atoms with Gasteiger partial charge in [-0.1, -0.05) is 18.2 Å². The van der Waals surface area contributed by atoms with E-state index in [4.69, 9.17) is 14.9 Å². The molecule has 0 atom stereocenters. The SMILES string of the molecule is N=CC(=C[NH2+]COc1cccc(C(F)(F)F)c1)NC(=O)c1c(NC(=O)c2cccc(CN3CCOCC3)c2)sc2c1CCCC2. The van der Waals surface area contributed by atoms with Gasteiger partial charge >= 0.3 is 6.18 Å². The first-order valence-electron chi connectivity index (χ1n) is 14.7. The van der Waals surface area contributed by atoms with Crippen LogP contribution in [0.25, 0.3) is 0 Å². The van der Waals surface area contributed by atoms with E-state index < -0.39 is 17.6 Å². The van der Waals surface area contributed by atoms with E-state index in [9.17, 15) is 22.8 Å². The highest BCUT2D eigenvalue weighted by Crippen LogP contribution is 2.38. The molecule has 1 aliphatic heterocycles. The van der Waals surface area contributed by atoms with Gasteiger partial charge < -0.3 is 25.5 Å². The van der Waals surface area contributed by atoms with E-state index in [1.54, 1.807) is 6.07 Å². The Morgan fingerprint density at radius 1 is 1.07 bits per heavy atom. The van der Waals surface area contributed by atoms with Gasteiger partial charge in [0.2, 0.25) is 6.73 Å². The molecule has 13 heteroatoms. The molecule has 1 aliphatic carbocycles. The molecule has 3 aromatic rings. The number of hydrogen-bond acceptors (Lipinski definition) is 7. The molecule has 2 aromatic carbocycles. The number of alkyl halides is 3. The van der Waals surface area contributed by atoms with Crippen LogP contribution in [0.3, 0.4) is 0 Å². The number of nitrogens with two attached hydrogens (primary N) is 1. The van der Waals surface area contributed by atoms with Crippen LogP contribution in [0, 0.1) is 5.41 Å². The van der Waals surface area contributed by atoms with Crippen LogP contribution in [0.5, 0.6) is 5.75 Å². The number of anilines is 1. The second-order valence-corrected chi connectivity index (χ2v) is 11.9. The van der Waals surface area contributed by atoms with Gasteiger partial charge in [-0.2, -0.15) is 13.2 Å². The number of rotatable bonds is 11. The molecule has 2 aliphatic rings. The molecule has 238 valence electrons. The summed E-state index contributed by atoms with van der Waals surface area (Å²) in [4.78, 5) is 30.3. The van der Waals surface area contributed by atoms with Crippen LogP contribution in [0.2, 0.25) is 0 Å². The summed E-state index contributed by atoms with van der Waals surface area (Å²) in [6.45, 7) is 3.69. The summed E-state index contributed by atoms with van der Waals surface area (Å²) in [6.07, 6.45) is 1.39. The molecule has 2 heterocycles. The standard InChI is InChI=1S/C32H34F3N5O4S/c33-32(34,35)23-7-4-8-25(16-23)44-20-37-18-24(17-36)38-30(42)28-26-9-1-2-10-27(26)45-31(28)39-29(41)22-6-3-5-21(15-22)19-40-11-13-43-14-12-40/h3-8,15-18,36-37H,1-2,9-14,19-20H2,(H,38,42)(H,39,41)/p+1. The van der Waals surface area contributed by atoms with Crippen LogP contribution in [0.4, 0.5) is 18.2 Å². The van der Waals surface area contributed by atoms with Gasteiger partial charge in [-0.3, -0.25) is 19.8 Å². The average molecular weight is 643 g/mol. The maximum Gasteiger partial charge on any atom is 0.416 e. The normalized spacial score (nSPS) is 15.7. The fraction of sp³-hybridized carbons (Fsp3) is 0.344. The van der Waals surface area contributed by atoms with Crippen molar-refractivity contribution in [3.05, 3.63) is 93.1 Å². The number of allylic oxidation sites excluding steroid dienone is 1. The van der Waals surface area contributed by atoms with Crippen LogP contribution >= 0.6 is 11.3 Å². The van der Waals surface area contributed by atoms with Gasteiger partial charge in [-0.15, -0.1) is 11.3 Å². The predicted molar refractivity (Wildman–Crippen MR) is 165 cm³/mol. The Kier molecular flexibility index (Phi) is 10.7. The molecule has 45 heavy (non-hydrogen) atoms. The smallest absolute Gasteiger partial charge is 0.416 e. The van der Waals surface area contributed by atoms with Crippen molar-refractivity contribution in [2.75, 3.05) is 38.4 Å². The second kappa shape index (κ2) is 14.8. The van der Waals surface area contributed by atoms with Gasteiger partial charge in [0.25, 0.3) is 11.8 Å². The molecule has 0 spiro atoms. The number of aryl methyl sites for hydroxylation is 1. The lowest BCUT2D eigenvalue weighted by Gasteiger charge is -2.26. The molecule has 1 aromatic heterocycles. The number of fused-ring (bicyclic) bond motifs is 1. The lowest BCUT2D eigenvalue weighted by Crippen LogP contribution is -2.80. The maximum absolute atomic E-state index is 13.6. The maximum atomic E-state index is 13.6. The number of thiophene rings is 1. The largest absolute Gasteiger partial charge is 0.445 e. The number of morpholine rings is 1. The number of carbonyl (C=O) groups excluding carboxylic acids is 2. The number of quaternary nitrogens is 1. The molecular formula is C32H35F3N5O4S+. The van der Waals surface area contributed by atoms with Crippen molar-refractivity contribution in [2.24, 2.45) is 0 Å². The fourth-order valence-corrected chi connectivity index (χ4v) is 6.58. The number of carbonyl (C=O) groups is 2. The van der Waals surface area contributed by atoms with Crippen molar-refractivity contribution in [2.45, 2.75) is 38.4 Å². The Bertz CT molecular complexity index is 1570. The number of hydrogen-bond donors (Lipinski definition) is 4. The Morgan fingerprint density at radius 2 is 1.84 bits per heavy atom.